The molecule has 9 heteroatoms. The molecule has 0 bridgehead atoms. The smallest absolute Gasteiger partial charge is 0.344 e. The van der Waals surface area contributed by atoms with E-state index in [0.717, 1.165) is 25.7 Å². The summed E-state index contributed by atoms with van der Waals surface area (Å²) in [4.78, 5) is 17.6. The van der Waals surface area contributed by atoms with E-state index in [-0.39, 0.29) is 12.3 Å². The average Bonchev–Trinajstić information content (AvgIpc) is 2.71. The molecule has 8 N–H and O–H groups in total. The summed E-state index contributed by atoms with van der Waals surface area (Å²) in [6.07, 6.45) is 20.4. The normalized spacial score (nSPS) is 13.3. The van der Waals surface area contributed by atoms with Gasteiger partial charge >= 0.3 is 7.82 Å². The van der Waals surface area contributed by atoms with E-state index < -0.39 is 33.2 Å². The highest BCUT2D eigenvalue weighted by atomic mass is 31.2. The molecule has 0 saturated heterocycles. The van der Waals surface area contributed by atoms with Gasteiger partial charge in [0.2, 0.25) is 0 Å². The Balaban J connectivity index is -0.00000420. The lowest BCUT2D eigenvalue weighted by Gasteiger charge is -2.22. The maximum absolute atomic E-state index is 13.1. The van der Waals surface area contributed by atoms with Crippen LogP contribution in [0.2, 0.25) is 0 Å². The highest BCUT2D eigenvalue weighted by Crippen LogP contribution is 2.40. The molecule has 0 aliphatic heterocycles. The van der Waals surface area contributed by atoms with Gasteiger partial charge in [0.25, 0.3) is 0 Å². The third-order valence-electron chi connectivity index (χ3n) is 5.83. The number of hydrogen-bond acceptors (Lipinski definition) is 4. The summed E-state index contributed by atoms with van der Waals surface area (Å²) >= 11 is 0. The van der Waals surface area contributed by atoms with Gasteiger partial charge in [-0.3, -0.25) is 8.91 Å². The molecule has 0 aromatic carbocycles. The largest absolute Gasteiger partial charge is 0.469 e. The van der Waals surface area contributed by atoms with Crippen LogP contribution in [-0.2, 0) is 9.09 Å². The van der Waals surface area contributed by atoms with E-state index in [1.807, 2.05) is 0 Å². The number of phosphoric ester groups is 1. The van der Waals surface area contributed by atoms with Gasteiger partial charge in [0, 0.05) is 5.92 Å². The van der Waals surface area contributed by atoms with Crippen molar-refractivity contribution >= 4 is 7.82 Å². The van der Waals surface area contributed by atoms with Crippen molar-refractivity contribution in [3.05, 3.63) is 0 Å². The van der Waals surface area contributed by atoms with Crippen LogP contribution in [0.3, 0.4) is 0 Å². The zero-order chi connectivity index (χ0) is 22.5. The van der Waals surface area contributed by atoms with Crippen LogP contribution in [0, 0.1) is 5.92 Å². The Kier molecular flexibility index (Phi) is 29.1. The SMILES string of the molecule is CCCCCCCCCCCCCCCCCCCC(CF)C(CF)OP(=O)(O)O.N.N. The Labute approximate surface area is 196 Å². The molecule has 2 atom stereocenters. The van der Waals surface area contributed by atoms with Crippen LogP contribution in [-0.4, -0.2) is 29.2 Å². The highest BCUT2D eigenvalue weighted by Gasteiger charge is 2.29. The predicted octanol–water partition coefficient (Wildman–Crippen LogP) is 8.39. The predicted molar refractivity (Wildman–Crippen MR) is 131 cm³/mol. The van der Waals surface area contributed by atoms with Crippen molar-refractivity contribution in [2.75, 3.05) is 13.3 Å². The second kappa shape index (κ2) is 25.5. The summed E-state index contributed by atoms with van der Waals surface area (Å²) < 4.78 is 41.2. The van der Waals surface area contributed by atoms with Crippen LogP contribution in [0.4, 0.5) is 8.78 Å². The summed E-state index contributed by atoms with van der Waals surface area (Å²) in [5.74, 6) is -0.793. The van der Waals surface area contributed by atoms with Crippen molar-refractivity contribution < 1.29 is 27.7 Å². The lowest BCUT2D eigenvalue weighted by molar-refractivity contribution is 0.0528. The Morgan fingerprint density at radius 3 is 1.28 bits per heavy atom. The zero-order valence-corrected chi connectivity index (χ0v) is 21.5. The molecule has 0 amide bonds. The van der Waals surface area contributed by atoms with Crippen LogP contribution >= 0.6 is 7.82 Å². The zero-order valence-electron chi connectivity index (χ0n) is 20.6. The van der Waals surface area contributed by atoms with E-state index in [0.29, 0.717) is 6.42 Å². The van der Waals surface area contributed by atoms with Crippen molar-refractivity contribution in [2.24, 2.45) is 5.92 Å². The van der Waals surface area contributed by atoms with Gasteiger partial charge in [-0.25, -0.2) is 8.96 Å². The molecule has 2 unspecified atom stereocenters. The molecule has 0 aromatic rings. The topological polar surface area (TPSA) is 137 Å². The molecule has 32 heavy (non-hydrogen) atoms. The first-order valence-corrected chi connectivity index (χ1v) is 13.8. The fourth-order valence-corrected chi connectivity index (χ4v) is 4.49. The van der Waals surface area contributed by atoms with Crippen LogP contribution < -0.4 is 12.3 Å². The molecule has 0 saturated carbocycles. The first kappa shape index (κ1) is 36.5. The molecule has 0 aliphatic rings. The summed E-state index contributed by atoms with van der Waals surface area (Å²) in [5, 5.41) is 0. The molecule has 0 aliphatic carbocycles. The maximum atomic E-state index is 13.1. The second-order valence-corrected chi connectivity index (χ2v) is 9.84. The second-order valence-electron chi connectivity index (χ2n) is 8.65. The van der Waals surface area contributed by atoms with E-state index in [9.17, 15) is 13.3 Å². The Hall–Kier alpha value is -0.110. The minimum absolute atomic E-state index is 0. The van der Waals surface area contributed by atoms with Crippen molar-refractivity contribution in [1.29, 1.82) is 0 Å². The lowest BCUT2D eigenvalue weighted by Crippen LogP contribution is -2.27. The number of hydrogen-bond donors (Lipinski definition) is 4. The highest BCUT2D eigenvalue weighted by molar-refractivity contribution is 7.46. The average molecular weight is 491 g/mol. The minimum atomic E-state index is -4.79. The molecule has 0 rings (SSSR count). The summed E-state index contributed by atoms with van der Waals surface area (Å²) in [7, 11) is -4.79. The third kappa shape index (κ3) is 24.5. The molecule has 198 valence electrons. The molecule has 6 nitrogen and oxygen atoms in total. The van der Waals surface area contributed by atoms with E-state index in [1.54, 1.807) is 0 Å². The van der Waals surface area contributed by atoms with Crippen LogP contribution in [0.1, 0.15) is 122 Å². The van der Waals surface area contributed by atoms with E-state index >= 15 is 0 Å². The fraction of sp³-hybridized carbons (Fsp3) is 1.00. The third-order valence-corrected chi connectivity index (χ3v) is 6.37. The number of phosphoric acid groups is 1. The molecule has 0 fully saturated rings. The molecule has 0 radical (unpaired) electrons. The molecule has 0 aromatic heterocycles. The van der Waals surface area contributed by atoms with Gasteiger partial charge in [-0.1, -0.05) is 116 Å². The van der Waals surface area contributed by atoms with Crippen LogP contribution in [0.15, 0.2) is 0 Å². The quantitative estimate of drug-likeness (QED) is 0.0838. The van der Waals surface area contributed by atoms with Crippen molar-refractivity contribution in [3.8, 4) is 0 Å². The Bertz CT molecular complexity index is 417. The summed E-state index contributed by atoms with van der Waals surface area (Å²) in [5.41, 5.74) is 0. The van der Waals surface area contributed by atoms with Gasteiger partial charge in [0.05, 0.1) is 6.67 Å². The van der Waals surface area contributed by atoms with Crippen molar-refractivity contribution in [3.63, 3.8) is 0 Å². The van der Waals surface area contributed by atoms with Crippen molar-refractivity contribution in [1.82, 2.24) is 12.3 Å². The summed E-state index contributed by atoms with van der Waals surface area (Å²) in [6, 6.07) is 0. The van der Waals surface area contributed by atoms with Gasteiger partial charge in [-0.15, -0.1) is 0 Å². The van der Waals surface area contributed by atoms with Gasteiger partial charge in [-0.2, -0.15) is 0 Å². The molecule has 0 heterocycles. The van der Waals surface area contributed by atoms with Crippen LogP contribution in [0.25, 0.3) is 0 Å². The van der Waals surface area contributed by atoms with Crippen LogP contribution in [0.5, 0.6) is 0 Å². The van der Waals surface area contributed by atoms with Gasteiger partial charge in [0.15, 0.2) is 0 Å². The molecular formula is C23H53F2N2O4P. The minimum Gasteiger partial charge on any atom is -0.344 e. The number of rotatable bonds is 23. The molecule has 0 spiro atoms. The number of alkyl halides is 2. The number of halogens is 2. The van der Waals surface area contributed by atoms with E-state index in [4.69, 9.17) is 9.79 Å². The first-order valence-electron chi connectivity index (χ1n) is 12.3. The Morgan fingerprint density at radius 1 is 0.656 bits per heavy atom. The fourth-order valence-electron chi connectivity index (χ4n) is 3.91. The maximum Gasteiger partial charge on any atom is 0.469 e. The Morgan fingerprint density at radius 2 is 1.00 bits per heavy atom. The summed E-state index contributed by atoms with van der Waals surface area (Å²) in [6.45, 7) is 0.344. The van der Waals surface area contributed by atoms with Gasteiger partial charge in [-0.05, 0) is 6.42 Å². The van der Waals surface area contributed by atoms with E-state index in [1.165, 1.54) is 83.5 Å². The lowest BCUT2D eigenvalue weighted by atomic mass is 9.96. The van der Waals surface area contributed by atoms with Gasteiger partial charge < -0.3 is 22.1 Å². The number of unbranched alkanes of at least 4 members (excludes halogenated alkanes) is 16. The first-order chi connectivity index (χ1) is 14.4. The monoisotopic (exact) mass is 490 g/mol. The standard InChI is InChI=1S/C23H47F2O4P.2H3N/c1-2-3-4-5-6-7-8-9-10-11-12-13-14-15-16-17-18-19-22(20-24)23(21-25)29-30(26,27)28;;/h22-23H,2-21H2,1H3,(H2,26,27,28);2*1H3. The van der Waals surface area contributed by atoms with E-state index in [2.05, 4.69) is 11.4 Å². The molecular weight excluding hydrogens is 437 g/mol. The van der Waals surface area contributed by atoms with Gasteiger partial charge in [0.1, 0.15) is 12.8 Å². The van der Waals surface area contributed by atoms with Crippen molar-refractivity contribution in [2.45, 2.75) is 129 Å².